The first kappa shape index (κ1) is 20.1. The summed E-state index contributed by atoms with van der Waals surface area (Å²) in [6, 6.07) is 6.97. The quantitative estimate of drug-likeness (QED) is 0.563. The van der Waals surface area contributed by atoms with Crippen LogP contribution >= 0.6 is 11.8 Å². The van der Waals surface area contributed by atoms with Crippen molar-refractivity contribution >= 4 is 29.5 Å². The molecule has 1 atom stereocenters. The molecule has 1 heterocycles. The van der Waals surface area contributed by atoms with Crippen LogP contribution in [0, 0.1) is 0 Å². The van der Waals surface area contributed by atoms with Crippen LogP contribution in [0.15, 0.2) is 24.3 Å². The molecule has 1 fully saturated rings. The summed E-state index contributed by atoms with van der Waals surface area (Å²) in [6.07, 6.45) is 1.02. The van der Waals surface area contributed by atoms with Gasteiger partial charge in [0.15, 0.2) is 0 Å². The Morgan fingerprint density at radius 2 is 2.08 bits per heavy atom. The Morgan fingerprint density at radius 1 is 1.31 bits per heavy atom. The highest BCUT2D eigenvalue weighted by atomic mass is 32.2. The lowest BCUT2D eigenvalue weighted by Crippen LogP contribution is -2.54. The van der Waals surface area contributed by atoms with Crippen LogP contribution in [0.2, 0.25) is 0 Å². The number of aliphatic carboxylic acids is 1. The van der Waals surface area contributed by atoms with Crippen LogP contribution < -0.4 is 15.4 Å². The lowest BCUT2D eigenvalue weighted by molar-refractivity contribution is -0.146. The van der Waals surface area contributed by atoms with E-state index in [1.807, 2.05) is 6.92 Å². The molecular formula is C18H24N2O5S. The SMILES string of the molecule is CCOc1ccccc1C(=O)NCCCC(=O)NC1(C(=O)O)CCSC1. The molecule has 1 aliphatic heterocycles. The Bertz CT molecular complexity index is 659. The van der Waals surface area contributed by atoms with E-state index in [4.69, 9.17) is 4.74 Å². The van der Waals surface area contributed by atoms with Crippen LogP contribution in [0.3, 0.4) is 0 Å². The van der Waals surface area contributed by atoms with Gasteiger partial charge in [-0.1, -0.05) is 12.1 Å². The van der Waals surface area contributed by atoms with Gasteiger partial charge < -0.3 is 20.5 Å². The molecular weight excluding hydrogens is 356 g/mol. The molecule has 2 rings (SSSR count). The number of hydrogen-bond donors (Lipinski definition) is 3. The van der Waals surface area contributed by atoms with E-state index in [0.29, 0.717) is 43.1 Å². The summed E-state index contributed by atoms with van der Waals surface area (Å²) in [5, 5.41) is 14.8. The number of amides is 2. The highest BCUT2D eigenvalue weighted by Gasteiger charge is 2.43. The Kier molecular flexibility index (Phi) is 7.32. The van der Waals surface area contributed by atoms with Crippen molar-refractivity contribution in [1.29, 1.82) is 0 Å². The summed E-state index contributed by atoms with van der Waals surface area (Å²) < 4.78 is 5.43. The highest BCUT2D eigenvalue weighted by Crippen LogP contribution is 2.28. The van der Waals surface area contributed by atoms with Gasteiger partial charge in [0, 0.05) is 18.7 Å². The van der Waals surface area contributed by atoms with Crippen LogP contribution in [0.5, 0.6) is 5.75 Å². The maximum absolute atomic E-state index is 12.2. The minimum Gasteiger partial charge on any atom is -0.493 e. The van der Waals surface area contributed by atoms with Gasteiger partial charge in [0.25, 0.3) is 5.91 Å². The number of rotatable bonds is 9. The van der Waals surface area contributed by atoms with Crippen molar-refractivity contribution in [2.75, 3.05) is 24.7 Å². The third-order valence-corrected chi connectivity index (χ3v) is 5.30. The third-order valence-electron chi connectivity index (χ3n) is 4.11. The molecule has 1 aromatic carbocycles. The van der Waals surface area contributed by atoms with Gasteiger partial charge in [-0.05, 0) is 37.7 Å². The fourth-order valence-corrected chi connectivity index (χ4v) is 4.02. The van der Waals surface area contributed by atoms with Gasteiger partial charge in [-0.3, -0.25) is 9.59 Å². The first-order chi connectivity index (χ1) is 12.5. The molecule has 7 nitrogen and oxygen atoms in total. The van der Waals surface area contributed by atoms with E-state index in [9.17, 15) is 19.5 Å². The summed E-state index contributed by atoms with van der Waals surface area (Å²) in [7, 11) is 0. The van der Waals surface area contributed by atoms with Crippen molar-refractivity contribution in [2.45, 2.75) is 31.7 Å². The number of thioether (sulfide) groups is 1. The van der Waals surface area contributed by atoms with E-state index in [1.165, 1.54) is 11.8 Å². The fourth-order valence-electron chi connectivity index (χ4n) is 2.70. The molecule has 0 radical (unpaired) electrons. The Balaban J connectivity index is 1.77. The molecule has 2 amide bonds. The van der Waals surface area contributed by atoms with Gasteiger partial charge in [-0.2, -0.15) is 11.8 Å². The summed E-state index contributed by atoms with van der Waals surface area (Å²) in [6.45, 7) is 2.63. The molecule has 0 saturated carbocycles. The number of benzene rings is 1. The number of carbonyl (C=O) groups excluding carboxylic acids is 2. The van der Waals surface area contributed by atoms with Gasteiger partial charge in [0.05, 0.1) is 12.2 Å². The molecule has 142 valence electrons. The maximum atomic E-state index is 12.2. The molecule has 1 saturated heterocycles. The van der Waals surface area contributed by atoms with Crippen LogP contribution in [0.25, 0.3) is 0 Å². The number of carboxylic acid groups (broad SMARTS) is 1. The topological polar surface area (TPSA) is 105 Å². The summed E-state index contributed by atoms with van der Waals surface area (Å²) in [5.74, 6) is 0.0764. The molecule has 0 aliphatic carbocycles. The highest BCUT2D eigenvalue weighted by molar-refractivity contribution is 7.99. The summed E-state index contributed by atoms with van der Waals surface area (Å²) >= 11 is 1.52. The second-order valence-corrected chi connectivity index (χ2v) is 7.13. The Labute approximate surface area is 156 Å². The van der Waals surface area contributed by atoms with Crippen LogP contribution in [0.4, 0.5) is 0 Å². The van der Waals surface area contributed by atoms with E-state index in [1.54, 1.807) is 24.3 Å². The standard InChI is InChI=1S/C18H24N2O5S/c1-2-25-14-7-4-3-6-13(14)16(22)19-10-5-8-15(21)20-18(17(23)24)9-11-26-12-18/h3-4,6-7H,2,5,8-12H2,1H3,(H,19,22)(H,20,21)(H,23,24). The van der Waals surface area contributed by atoms with Crippen molar-refractivity contribution in [3.63, 3.8) is 0 Å². The third kappa shape index (κ3) is 5.14. The average Bonchev–Trinajstić information content (AvgIpc) is 3.09. The molecule has 0 spiro atoms. The zero-order valence-corrected chi connectivity index (χ0v) is 15.6. The number of ether oxygens (including phenoxy) is 1. The van der Waals surface area contributed by atoms with E-state index >= 15 is 0 Å². The zero-order valence-electron chi connectivity index (χ0n) is 14.7. The van der Waals surface area contributed by atoms with Crippen molar-refractivity contribution < 1.29 is 24.2 Å². The smallest absolute Gasteiger partial charge is 0.330 e. The number of carbonyl (C=O) groups is 3. The van der Waals surface area contributed by atoms with Crippen LogP contribution in [-0.2, 0) is 9.59 Å². The molecule has 0 aromatic heterocycles. The minimum absolute atomic E-state index is 0.160. The number of para-hydroxylation sites is 1. The fraction of sp³-hybridized carbons (Fsp3) is 0.500. The predicted octanol–water partition coefficient (Wildman–Crippen LogP) is 1.67. The lowest BCUT2D eigenvalue weighted by Gasteiger charge is -2.24. The van der Waals surface area contributed by atoms with E-state index in [2.05, 4.69) is 10.6 Å². The molecule has 1 aromatic rings. The number of carboxylic acids is 1. The monoisotopic (exact) mass is 380 g/mol. The zero-order chi connectivity index (χ0) is 19.0. The summed E-state index contributed by atoms with van der Waals surface area (Å²) in [4.78, 5) is 35.7. The largest absolute Gasteiger partial charge is 0.493 e. The number of nitrogens with one attached hydrogen (secondary N) is 2. The van der Waals surface area contributed by atoms with E-state index in [-0.39, 0.29) is 18.2 Å². The maximum Gasteiger partial charge on any atom is 0.330 e. The molecule has 3 N–H and O–H groups in total. The average molecular weight is 380 g/mol. The van der Waals surface area contributed by atoms with Crippen molar-refractivity contribution in [2.24, 2.45) is 0 Å². The van der Waals surface area contributed by atoms with Gasteiger partial charge in [-0.15, -0.1) is 0 Å². The molecule has 1 aliphatic rings. The first-order valence-electron chi connectivity index (χ1n) is 8.60. The second kappa shape index (κ2) is 9.47. The van der Waals surface area contributed by atoms with Crippen molar-refractivity contribution in [3.05, 3.63) is 29.8 Å². The minimum atomic E-state index is -1.15. The Hall–Kier alpha value is -2.22. The molecule has 8 heteroatoms. The van der Waals surface area contributed by atoms with E-state index in [0.717, 1.165) is 5.75 Å². The van der Waals surface area contributed by atoms with Crippen LogP contribution in [0.1, 0.15) is 36.5 Å². The molecule has 1 unspecified atom stereocenters. The van der Waals surface area contributed by atoms with E-state index < -0.39 is 11.5 Å². The first-order valence-corrected chi connectivity index (χ1v) is 9.76. The normalized spacial score (nSPS) is 19.0. The second-order valence-electron chi connectivity index (χ2n) is 6.03. The van der Waals surface area contributed by atoms with Gasteiger partial charge in [0.2, 0.25) is 5.91 Å². The lowest BCUT2D eigenvalue weighted by atomic mass is 9.99. The number of hydrogen-bond acceptors (Lipinski definition) is 5. The van der Waals surface area contributed by atoms with Crippen LogP contribution in [-0.4, -0.2) is 53.1 Å². The molecule has 0 bridgehead atoms. The van der Waals surface area contributed by atoms with Crippen molar-refractivity contribution in [3.8, 4) is 5.75 Å². The van der Waals surface area contributed by atoms with Gasteiger partial charge in [-0.25, -0.2) is 4.79 Å². The Morgan fingerprint density at radius 3 is 2.73 bits per heavy atom. The van der Waals surface area contributed by atoms with Crippen molar-refractivity contribution in [1.82, 2.24) is 10.6 Å². The summed E-state index contributed by atoms with van der Waals surface area (Å²) in [5.41, 5.74) is -0.701. The predicted molar refractivity (Wildman–Crippen MR) is 99.6 cm³/mol. The molecule has 26 heavy (non-hydrogen) atoms. The van der Waals surface area contributed by atoms with Gasteiger partial charge in [0.1, 0.15) is 11.3 Å². The van der Waals surface area contributed by atoms with Gasteiger partial charge >= 0.3 is 5.97 Å².